The lowest BCUT2D eigenvalue weighted by molar-refractivity contribution is 0.415. The van der Waals surface area contributed by atoms with Gasteiger partial charge in [-0.15, -0.1) is 0 Å². The van der Waals surface area contributed by atoms with Crippen molar-refractivity contribution in [3.05, 3.63) is 84.9 Å². The molecule has 4 aromatic rings. The van der Waals surface area contributed by atoms with E-state index in [1.165, 1.54) is 0 Å². The molecular weight excluding hydrogens is 308 g/mol. The molecule has 0 saturated carbocycles. The summed E-state index contributed by atoms with van der Waals surface area (Å²) in [4.78, 5) is 4.82. The summed E-state index contributed by atoms with van der Waals surface area (Å²) in [6.45, 7) is 0. The first kappa shape index (κ1) is 15.2. The van der Waals surface area contributed by atoms with Gasteiger partial charge in [-0.05, 0) is 36.4 Å². The second kappa shape index (κ2) is 6.65. The number of anilines is 2. The van der Waals surface area contributed by atoms with Crippen LogP contribution in [0.2, 0.25) is 0 Å². The van der Waals surface area contributed by atoms with Crippen LogP contribution in [-0.2, 0) is 0 Å². The SMILES string of the molecule is COc1ccc(Nc2cc(-c3ccccc3)nc3ccccc23)cc1. The molecule has 0 atom stereocenters. The van der Waals surface area contributed by atoms with E-state index in [1.54, 1.807) is 7.11 Å². The predicted molar refractivity (Wildman–Crippen MR) is 103 cm³/mol. The first-order chi connectivity index (χ1) is 12.3. The summed E-state index contributed by atoms with van der Waals surface area (Å²) in [5.74, 6) is 0.843. The Labute approximate surface area is 146 Å². The molecule has 0 unspecified atom stereocenters. The van der Waals surface area contributed by atoms with Crippen LogP contribution >= 0.6 is 0 Å². The normalized spacial score (nSPS) is 10.6. The van der Waals surface area contributed by atoms with E-state index < -0.39 is 0 Å². The summed E-state index contributed by atoms with van der Waals surface area (Å²) in [7, 11) is 1.67. The maximum absolute atomic E-state index is 5.23. The Bertz CT molecular complexity index is 995. The van der Waals surface area contributed by atoms with Crippen LogP contribution in [0, 0.1) is 0 Å². The van der Waals surface area contributed by atoms with E-state index in [2.05, 4.69) is 29.6 Å². The molecule has 0 fully saturated rings. The number of pyridine rings is 1. The van der Waals surface area contributed by atoms with Crippen LogP contribution in [-0.4, -0.2) is 12.1 Å². The van der Waals surface area contributed by atoms with Crippen LogP contribution in [0.15, 0.2) is 84.9 Å². The third kappa shape index (κ3) is 3.17. The van der Waals surface area contributed by atoms with Gasteiger partial charge in [0, 0.05) is 16.6 Å². The van der Waals surface area contributed by atoms with Crippen molar-refractivity contribution in [1.82, 2.24) is 4.98 Å². The third-order valence-electron chi connectivity index (χ3n) is 4.15. The lowest BCUT2D eigenvalue weighted by Crippen LogP contribution is -1.95. The molecule has 1 N–H and O–H groups in total. The quantitative estimate of drug-likeness (QED) is 0.526. The van der Waals surface area contributed by atoms with Crippen molar-refractivity contribution < 1.29 is 4.74 Å². The van der Waals surface area contributed by atoms with Gasteiger partial charge in [0.05, 0.1) is 24.0 Å². The molecule has 0 saturated heterocycles. The zero-order chi connectivity index (χ0) is 17.1. The molecule has 3 heteroatoms. The van der Waals surface area contributed by atoms with Crippen LogP contribution in [0.1, 0.15) is 0 Å². The molecule has 0 aliphatic rings. The Kier molecular flexibility index (Phi) is 4.05. The average molecular weight is 326 g/mol. The number of hydrogen-bond acceptors (Lipinski definition) is 3. The summed E-state index contributed by atoms with van der Waals surface area (Å²) in [5.41, 5.74) is 5.08. The van der Waals surface area contributed by atoms with Crippen molar-refractivity contribution in [3.8, 4) is 17.0 Å². The molecule has 25 heavy (non-hydrogen) atoms. The van der Waals surface area contributed by atoms with Gasteiger partial charge >= 0.3 is 0 Å². The number of nitrogens with one attached hydrogen (secondary N) is 1. The lowest BCUT2D eigenvalue weighted by atomic mass is 10.1. The van der Waals surface area contributed by atoms with E-state index in [4.69, 9.17) is 9.72 Å². The molecule has 0 aliphatic heterocycles. The highest BCUT2D eigenvalue weighted by atomic mass is 16.5. The largest absolute Gasteiger partial charge is 0.497 e. The summed E-state index contributed by atoms with van der Waals surface area (Å²) in [5, 5.41) is 4.61. The van der Waals surface area contributed by atoms with Crippen LogP contribution < -0.4 is 10.1 Å². The molecule has 0 spiro atoms. The summed E-state index contributed by atoms with van der Waals surface area (Å²) in [6, 6.07) is 28.4. The van der Waals surface area contributed by atoms with Crippen molar-refractivity contribution in [3.63, 3.8) is 0 Å². The molecule has 3 nitrogen and oxygen atoms in total. The van der Waals surface area contributed by atoms with E-state index in [9.17, 15) is 0 Å². The fraction of sp³-hybridized carbons (Fsp3) is 0.0455. The molecule has 0 radical (unpaired) electrons. The molecule has 1 heterocycles. The van der Waals surface area contributed by atoms with Crippen LogP contribution in [0.4, 0.5) is 11.4 Å². The molecule has 122 valence electrons. The number of benzene rings is 3. The van der Waals surface area contributed by atoms with E-state index in [1.807, 2.05) is 60.7 Å². The Balaban J connectivity index is 1.80. The van der Waals surface area contributed by atoms with Crippen molar-refractivity contribution in [2.24, 2.45) is 0 Å². The highest BCUT2D eigenvalue weighted by Crippen LogP contribution is 2.30. The van der Waals surface area contributed by atoms with Gasteiger partial charge in [-0.1, -0.05) is 48.5 Å². The zero-order valence-corrected chi connectivity index (χ0v) is 13.9. The standard InChI is InChI=1S/C22H18N2O/c1-25-18-13-11-17(12-14-18)23-22-15-21(16-7-3-2-4-8-16)24-20-10-6-5-9-19(20)22/h2-15H,1H3,(H,23,24). The van der Waals surface area contributed by atoms with Crippen LogP contribution in [0.25, 0.3) is 22.2 Å². The number of nitrogens with zero attached hydrogens (tertiary/aromatic N) is 1. The maximum atomic E-state index is 5.23. The summed E-state index contributed by atoms with van der Waals surface area (Å²) < 4.78 is 5.23. The fourth-order valence-corrected chi connectivity index (χ4v) is 2.87. The minimum atomic E-state index is 0.843. The van der Waals surface area contributed by atoms with Crippen molar-refractivity contribution >= 4 is 22.3 Å². The second-order valence-electron chi connectivity index (χ2n) is 5.79. The summed E-state index contributed by atoms with van der Waals surface area (Å²) >= 11 is 0. The smallest absolute Gasteiger partial charge is 0.119 e. The predicted octanol–water partition coefficient (Wildman–Crippen LogP) is 5.65. The van der Waals surface area contributed by atoms with Gasteiger partial charge in [-0.3, -0.25) is 0 Å². The van der Waals surface area contributed by atoms with Gasteiger partial charge in [-0.2, -0.15) is 0 Å². The average Bonchev–Trinajstić information content (AvgIpc) is 2.69. The Morgan fingerprint density at radius 1 is 0.800 bits per heavy atom. The number of fused-ring (bicyclic) bond motifs is 1. The topological polar surface area (TPSA) is 34.1 Å². The zero-order valence-electron chi connectivity index (χ0n) is 13.9. The lowest BCUT2D eigenvalue weighted by Gasteiger charge is -2.12. The van der Waals surface area contributed by atoms with Gasteiger partial charge in [0.25, 0.3) is 0 Å². The van der Waals surface area contributed by atoms with E-state index >= 15 is 0 Å². The van der Waals surface area contributed by atoms with E-state index in [0.29, 0.717) is 0 Å². The number of hydrogen-bond donors (Lipinski definition) is 1. The van der Waals surface area contributed by atoms with Gasteiger partial charge in [-0.25, -0.2) is 4.98 Å². The molecule has 0 bridgehead atoms. The summed E-state index contributed by atoms with van der Waals surface area (Å²) in [6.07, 6.45) is 0. The molecule has 4 rings (SSSR count). The number of rotatable bonds is 4. The monoisotopic (exact) mass is 326 g/mol. The maximum Gasteiger partial charge on any atom is 0.119 e. The minimum Gasteiger partial charge on any atom is -0.497 e. The van der Waals surface area contributed by atoms with Crippen molar-refractivity contribution in [1.29, 1.82) is 0 Å². The molecular formula is C22H18N2O. The first-order valence-corrected chi connectivity index (χ1v) is 8.20. The Hall–Kier alpha value is -3.33. The molecule has 3 aromatic carbocycles. The Morgan fingerprint density at radius 3 is 2.28 bits per heavy atom. The molecule has 0 amide bonds. The molecule has 0 aliphatic carbocycles. The Morgan fingerprint density at radius 2 is 1.52 bits per heavy atom. The molecule has 1 aromatic heterocycles. The second-order valence-corrected chi connectivity index (χ2v) is 5.79. The van der Waals surface area contributed by atoms with E-state index in [-0.39, 0.29) is 0 Å². The van der Waals surface area contributed by atoms with Gasteiger partial charge in [0.2, 0.25) is 0 Å². The van der Waals surface area contributed by atoms with E-state index in [0.717, 1.165) is 39.3 Å². The van der Waals surface area contributed by atoms with Gasteiger partial charge in [0.1, 0.15) is 5.75 Å². The number of aromatic nitrogens is 1. The minimum absolute atomic E-state index is 0.843. The van der Waals surface area contributed by atoms with Gasteiger partial charge in [0.15, 0.2) is 0 Å². The third-order valence-corrected chi connectivity index (χ3v) is 4.15. The van der Waals surface area contributed by atoms with Crippen molar-refractivity contribution in [2.45, 2.75) is 0 Å². The highest BCUT2D eigenvalue weighted by Gasteiger charge is 2.08. The van der Waals surface area contributed by atoms with Crippen LogP contribution in [0.3, 0.4) is 0 Å². The van der Waals surface area contributed by atoms with Gasteiger partial charge < -0.3 is 10.1 Å². The van der Waals surface area contributed by atoms with Crippen molar-refractivity contribution in [2.75, 3.05) is 12.4 Å². The number of ether oxygens (including phenoxy) is 1. The number of para-hydroxylation sites is 1. The van der Waals surface area contributed by atoms with Crippen LogP contribution in [0.5, 0.6) is 5.75 Å². The fourth-order valence-electron chi connectivity index (χ4n) is 2.87. The number of methoxy groups -OCH3 is 1. The highest BCUT2D eigenvalue weighted by molar-refractivity contribution is 5.95. The first-order valence-electron chi connectivity index (χ1n) is 8.20.